The van der Waals surface area contributed by atoms with E-state index in [0.717, 1.165) is 104 Å². The highest BCUT2D eigenvalue weighted by atomic mass is 15.1. The van der Waals surface area contributed by atoms with Gasteiger partial charge in [0.1, 0.15) is 23.3 Å². The fourth-order valence-corrected chi connectivity index (χ4v) is 11.2. The monoisotopic (exact) mass is 838 g/mol. The molecule has 4 aromatic heterocycles. The first kappa shape index (κ1) is 36.2. The van der Waals surface area contributed by atoms with E-state index in [4.69, 9.17) is 0 Å². The molecule has 0 atom stereocenters. The molecule has 0 bridgehead atoms. The van der Waals surface area contributed by atoms with Gasteiger partial charge in [0.2, 0.25) is 0 Å². The van der Waals surface area contributed by atoms with E-state index < -0.39 is 0 Å². The summed E-state index contributed by atoms with van der Waals surface area (Å²) in [5, 5.41) is 35.3. The van der Waals surface area contributed by atoms with Crippen LogP contribution in [0.25, 0.3) is 121 Å². The maximum absolute atomic E-state index is 12.3. The summed E-state index contributed by atoms with van der Waals surface area (Å²) in [7, 11) is 0. The molecule has 10 aromatic carbocycles. The Labute approximate surface area is 377 Å². The summed E-state index contributed by atoms with van der Waals surface area (Å²) in [6.07, 6.45) is 0. The van der Waals surface area contributed by atoms with Crippen LogP contribution >= 0.6 is 0 Å². The van der Waals surface area contributed by atoms with Gasteiger partial charge in [-0.25, -0.2) is 0 Å². The van der Waals surface area contributed by atoms with Crippen molar-refractivity contribution in [2.75, 3.05) is 0 Å². The fraction of sp³-hybridized carbons (Fsp3) is 0. The van der Waals surface area contributed by atoms with Crippen LogP contribution in [0.4, 0.5) is 0 Å². The topological polar surface area (TPSA) is 67.3 Å². The van der Waals surface area contributed by atoms with Gasteiger partial charge in [0, 0.05) is 48.5 Å². The number of nitriles is 2. The molecule has 0 unspecified atom stereocenters. The van der Waals surface area contributed by atoms with E-state index in [1.54, 1.807) is 0 Å². The summed E-state index contributed by atoms with van der Waals surface area (Å²) in [6.45, 7) is 0. The molecule has 0 aliphatic heterocycles. The molecule has 0 fully saturated rings. The maximum Gasteiger partial charge on any atom is 0.104 e. The normalized spacial score (nSPS) is 11.9. The second-order valence-electron chi connectivity index (χ2n) is 17.0. The van der Waals surface area contributed by atoms with Gasteiger partial charge in [0.15, 0.2) is 0 Å². The molecular formula is C60H34N6. The van der Waals surface area contributed by atoms with E-state index in [0.29, 0.717) is 28.2 Å². The predicted octanol–water partition coefficient (Wildman–Crippen LogP) is 15.0. The van der Waals surface area contributed by atoms with Gasteiger partial charge in [-0.2, -0.15) is 10.5 Å². The van der Waals surface area contributed by atoms with Gasteiger partial charge in [-0.15, -0.1) is 0 Å². The molecule has 304 valence electrons. The molecule has 0 amide bonds. The number of benzene rings is 10. The van der Waals surface area contributed by atoms with Crippen molar-refractivity contribution < 1.29 is 0 Å². The second kappa shape index (κ2) is 13.6. The van der Waals surface area contributed by atoms with Crippen LogP contribution in [0.3, 0.4) is 0 Å². The fourth-order valence-electron chi connectivity index (χ4n) is 11.2. The minimum atomic E-state index is 0.384. The summed E-state index contributed by atoms with van der Waals surface area (Å²) in [6, 6.07) is 77.7. The van der Waals surface area contributed by atoms with Crippen molar-refractivity contribution in [2.24, 2.45) is 0 Å². The Morgan fingerprint density at radius 2 is 0.530 bits per heavy atom. The molecular weight excluding hydrogens is 805 g/mol. The zero-order chi connectivity index (χ0) is 43.6. The average molecular weight is 839 g/mol. The lowest BCUT2D eigenvalue weighted by molar-refractivity contribution is 1.02. The van der Waals surface area contributed by atoms with E-state index in [2.05, 4.69) is 231 Å². The molecule has 14 rings (SSSR count). The van der Waals surface area contributed by atoms with E-state index in [9.17, 15) is 10.5 Å². The Morgan fingerprint density at radius 3 is 0.894 bits per heavy atom. The van der Waals surface area contributed by atoms with Crippen LogP contribution in [-0.2, 0) is 0 Å². The molecule has 0 saturated carbocycles. The van der Waals surface area contributed by atoms with E-state index >= 15 is 0 Å². The van der Waals surface area contributed by atoms with Gasteiger partial charge in [0.05, 0.1) is 66.9 Å². The smallest absolute Gasteiger partial charge is 0.104 e. The first-order chi connectivity index (χ1) is 32.7. The molecule has 0 radical (unpaired) electrons. The molecule has 0 aliphatic carbocycles. The first-order valence-electron chi connectivity index (χ1n) is 22.2. The largest absolute Gasteiger partial charge is 0.306 e. The van der Waals surface area contributed by atoms with Crippen molar-refractivity contribution in [3.8, 4) is 34.9 Å². The third-order valence-electron chi connectivity index (χ3n) is 13.8. The quantitative estimate of drug-likeness (QED) is 0.177. The number of hydrogen-bond acceptors (Lipinski definition) is 2. The number of para-hydroxylation sites is 7. The Hall–Kier alpha value is -9.36. The number of fused-ring (bicyclic) bond motifs is 14. The van der Waals surface area contributed by atoms with Crippen molar-refractivity contribution in [1.82, 2.24) is 18.3 Å². The molecule has 6 nitrogen and oxygen atoms in total. The van der Waals surface area contributed by atoms with Gasteiger partial charge in [0.25, 0.3) is 0 Å². The van der Waals surface area contributed by atoms with Crippen LogP contribution < -0.4 is 0 Å². The zero-order valence-electron chi connectivity index (χ0n) is 35.3. The second-order valence-corrected chi connectivity index (χ2v) is 17.0. The number of aromatic nitrogens is 4. The molecule has 6 heteroatoms. The number of nitrogens with zero attached hydrogens (tertiary/aromatic N) is 6. The van der Waals surface area contributed by atoms with Gasteiger partial charge < -0.3 is 18.3 Å². The highest BCUT2D eigenvalue weighted by molar-refractivity contribution is 6.20. The minimum Gasteiger partial charge on any atom is -0.306 e. The van der Waals surface area contributed by atoms with E-state index in [1.807, 2.05) is 6.07 Å². The van der Waals surface area contributed by atoms with Gasteiger partial charge in [-0.3, -0.25) is 0 Å². The third-order valence-corrected chi connectivity index (χ3v) is 13.8. The van der Waals surface area contributed by atoms with Crippen molar-refractivity contribution in [1.29, 1.82) is 10.5 Å². The summed E-state index contributed by atoms with van der Waals surface area (Å²) < 4.78 is 9.11. The molecule has 14 aromatic rings. The molecule has 0 saturated heterocycles. The molecule has 0 N–H and O–H groups in total. The summed E-state index contributed by atoms with van der Waals surface area (Å²) in [4.78, 5) is 0. The summed E-state index contributed by atoms with van der Waals surface area (Å²) in [5.74, 6) is 0. The van der Waals surface area contributed by atoms with Gasteiger partial charge in [-0.05, 0) is 47.9 Å². The number of hydrogen-bond donors (Lipinski definition) is 0. The van der Waals surface area contributed by atoms with Crippen molar-refractivity contribution in [2.45, 2.75) is 0 Å². The van der Waals surface area contributed by atoms with Crippen LogP contribution in [-0.4, -0.2) is 18.3 Å². The van der Waals surface area contributed by atoms with E-state index in [1.165, 1.54) is 0 Å². The van der Waals surface area contributed by atoms with Crippen molar-refractivity contribution in [3.05, 3.63) is 217 Å². The maximum atomic E-state index is 12.3. The molecule has 4 heterocycles. The Kier molecular flexibility index (Phi) is 7.43. The molecule has 0 spiro atoms. The zero-order valence-corrected chi connectivity index (χ0v) is 35.3. The van der Waals surface area contributed by atoms with Gasteiger partial charge >= 0.3 is 0 Å². The summed E-state index contributed by atoms with van der Waals surface area (Å²) >= 11 is 0. The molecule has 0 aliphatic rings. The van der Waals surface area contributed by atoms with Gasteiger partial charge in [-0.1, -0.05) is 164 Å². The highest BCUT2D eigenvalue weighted by Crippen LogP contribution is 2.49. The first-order valence-corrected chi connectivity index (χ1v) is 22.2. The minimum absolute atomic E-state index is 0.384. The lowest BCUT2D eigenvalue weighted by Gasteiger charge is -2.27. The highest BCUT2D eigenvalue weighted by Gasteiger charge is 2.34. The lowest BCUT2D eigenvalue weighted by atomic mass is 9.98. The van der Waals surface area contributed by atoms with E-state index in [-0.39, 0.29) is 0 Å². The van der Waals surface area contributed by atoms with Crippen molar-refractivity contribution in [3.63, 3.8) is 0 Å². The Balaban J connectivity index is 1.35. The van der Waals surface area contributed by atoms with Crippen molar-refractivity contribution >= 4 is 98.0 Å². The SMILES string of the molecule is N#Cc1c(-n2c3ccccc3c3ccccc32)c(-n2c3ccccc3c3ccccc32)c(-n2c3ccccc3c3ccccc32)c(C#N)c1-n1c2ccccc2c2ccc3ccccc3c21. The standard InChI is InChI=1S/C60H34N6/c61-35-47-57(66-55-32-16-9-25-45(55)46-34-33-37-17-1-2-18-38(37)56(46)66)48(36-62)59(64-51-28-12-5-21-41(51)42-22-6-13-29-52(42)64)60(65-53-30-14-7-23-43(53)44-24-8-15-31-54(44)65)58(47)63-49-26-10-3-19-39(49)40-20-4-11-27-50(40)63/h1-34H. The van der Waals surface area contributed by atoms with Crippen LogP contribution in [0.1, 0.15) is 11.1 Å². The third kappa shape index (κ3) is 4.66. The average Bonchev–Trinajstić information content (AvgIpc) is 4.11. The Morgan fingerprint density at radius 1 is 0.242 bits per heavy atom. The Bertz CT molecular complexity index is 4190. The van der Waals surface area contributed by atoms with Crippen LogP contribution in [0.2, 0.25) is 0 Å². The summed E-state index contributed by atoms with van der Waals surface area (Å²) in [5.41, 5.74) is 11.0. The van der Waals surface area contributed by atoms with Crippen LogP contribution in [0.15, 0.2) is 206 Å². The molecule has 66 heavy (non-hydrogen) atoms. The van der Waals surface area contributed by atoms with Crippen LogP contribution in [0.5, 0.6) is 0 Å². The predicted molar refractivity (Wildman–Crippen MR) is 271 cm³/mol. The number of rotatable bonds is 4. The lowest BCUT2D eigenvalue weighted by Crippen LogP contribution is -2.17. The van der Waals surface area contributed by atoms with Crippen LogP contribution in [0, 0.1) is 22.7 Å².